The Morgan fingerprint density at radius 1 is 1.03 bits per heavy atom. The summed E-state index contributed by atoms with van der Waals surface area (Å²) in [4.78, 5) is 23.9. The highest BCUT2D eigenvalue weighted by Gasteiger charge is 2.19. The summed E-state index contributed by atoms with van der Waals surface area (Å²) in [6, 6.07) is 10.9. The van der Waals surface area contributed by atoms with Gasteiger partial charge in [-0.3, -0.25) is 4.79 Å². The first kappa shape index (κ1) is 22.2. The van der Waals surface area contributed by atoms with Crippen LogP contribution in [0.5, 0.6) is 11.5 Å². The van der Waals surface area contributed by atoms with Gasteiger partial charge < -0.3 is 19.5 Å². The van der Waals surface area contributed by atoms with E-state index in [1.807, 2.05) is 24.3 Å². The number of amides is 1. The van der Waals surface area contributed by atoms with Gasteiger partial charge in [0.05, 0.1) is 19.1 Å². The van der Waals surface area contributed by atoms with Gasteiger partial charge in [0.1, 0.15) is 17.1 Å². The highest BCUT2D eigenvalue weighted by molar-refractivity contribution is 7.89. The van der Waals surface area contributed by atoms with Gasteiger partial charge in [-0.2, -0.15) is 0 Å². The van der Waals surface area contributed by atoms with Crippen LogP contribution in [0.2, 0.25) is 0 Å². The van der Waals surface area contributed by atoms with E-state index in [-0.39, 0.29) is 16.2 Å². The molecule has 0 aromatic heterocycles. The van der Waals surface area contributed by atoms with Crippen LogP contribution >= 0.6 is 0 Å². The number of ether oxygens (including phenoxy) is 3. The zero-order valence-electron chi connectivity index (χ0n) is 16.0. The molecule has 10 heteroatoms. The Morgan fingerprint density at radius 2 is 1.72 bits per heavy atom. The molecular formula is C19H22N2O7S. The fourth-order valence-corrected chi connectivity index (χ4v) is 2.96. The molecule has 0 aliphatic heterocycles. The van der Waals surface area contributed by atoms with Crippen molar-refractivity contribution in [1.29, 1.82) is 0 Å². The number of rotatable bonds is 9. The second-order valence-electron chi connectivity index (χ2n) is 5.93. The predicted molar refractivity (Wildman–Crippen MR) is 104 cm³/mol. The number of benzene rings is 2. The molecule has 0 fully saturated rings. The Labute approximate surface area is 168 Å². The summed E-state index contributed by atoms with van der Waals surface area (Å²) in [6.07, 6.45) is 0.591. The molecule has 0 atom stereocenters. The summed E-state index contributed by atoms with van der Waals surface area (Å²) in [6.45, 7) is -0.170. The van der Waals surface area contributed by atoms with Crippen LogP contribution in [0.25, 0.3) is 0 Å². The van der Waals surface area contributed by atoms with E-state index in [4.69, 9.17) is 19.3 Å². The molecule has 0 bridgehead atoms. The summed E-state index contributed by atoms with van der Waals surface area (Å²) in [5.41, 5.74) is 0.859. The first-order valence-corrected chi connectivity index (χ1v) is 10.1. The normalized spacial score (nSPS) is 10.9. The van der Waals surface area contributed by atoms with Crippen molar-refractivity contribution in [2.24, 2.45) is 5.14 Å². The fraction of sp³-hybridized carbons (Fsp3) is 0.263. The molecule has 0 aliphatic rings. The molecule has 9 nitrogen and oxygen atoms in total. The van der Waals surface area contributed by atoms with Crippen LogP contribution in [-0.2, 0) is 26.0 Å². The number of esters is 1. The molecule has 0 unspecified atom stereocenters. The van der Waals surface area contributed by atoms with Crippen LogP contribution in [0.4, 0.5) is 0 Å². The van der Waals surface area contributed by atoms with Gasteiger partial charge in [0.2, 0.25) is 10.0 Å². The lowest BCUT2D eigenvalue weighted by Gasteiger charge is -2.10. The molecule has 1 amide bonds. The average molecular weight is 422 g/mol. The number of sulfonamides is 1. The molecule has 156 valence electrons. The third kappa shape index (κ3) is 6.47. The zero-order chi connectivity index (χ0) is 21.4. The lowest BCUT2D eigenvalue weighted by molar-refractivity contribution is -0.124. The summed E-state index contributed by atoms with van der Waals surface area (Å²) < 4.78 is 38.0. The van der Waals surface area contributed by atoms with Crippen molar-refractivity contribution in [2.75, 3.05) is 27.4 Å². The van der Waals surface area contributed by atoms with Crippen molar-refractivity contribution in [3.05, 3.63) is 53.6 Å². The van der Waals surface area contributed by atoms with E-state index in [9.17, 15) is 18.0 Å². The second kappa shape index (κ2) is 9.89. The van der Waals surface area contributed by atoms with Crippen molar-refractivity contribution < 1.29 is 32.2 Å². The van der Waals surface area contributed by atoms with Gasteiger partial charge in [-0.05, 0) is 42.3 Å². The van der Waals surface area contributed by atoms with E-state index >= 15 is 0 Å². The lowest BCUT2D eigenvalue weighted by atomic mass is 10.1. The Bertz CT molecular complexity index is 973. The van der Waals surface area contributed by atoms with Crippen LogP contribution in [0.1, 0.15) is 15.9 Å². The Hall–Kier alpha value is -3.11. The number of carbonyl (C=O) groups excluding carboxylic acids is 2. The Kier molecular flexibility index (Phi) is 7.57. The van der Waals surface area contributed by atoms with E-state index < -0.39 is 28.5 Å². The average Bonchev–Trinajstić information content (AvgIpc) is 2.71. The molecule has 0 saturated heterocycles. The third-order valence-electron chi connectivity index (χ3n) is 3.95. The highest BCUT2D eigenvalue weighted by atomic mass is 32.2. The lowest BCUT2D eigenvalue weighted by Crippen LogP contribution is -2.30. The van der Waals surface area contributed by atoms with Crippen LogP contribution in [0, 0.1) is 0 Å². The standard InChI is InChI=1S/C19H22N2O7S/c1-26-14-5-3-13(4-6-14)9-10-21-18(22)12-28-19(23)16-11-15(29(20,24)25)7-8-17(16)27-2/h3-8,11H,9-10,12H2,1-2H3,(H,21,22)(H2,20,24,25). The molecular weight excluding hydrogens is 400 g/mol. The summed E-state index contributed by atoms with van der Waals surface area (Å²) in [7, 11) is -1.11. The first-order valence-electron chi connectivity index (χ1n) is 8.52. The Morgan fingerprint density at radius 3 is 2.31 bits per heavy atom. The van der Waals surface area contributed by atoms with Crippen molar-refractivity contribution in [1.82, 2.24) is 5.32 Å². The van der Waals surface area contributed by atoms with Crippen LogP contribution in [0.15, 0.2) is 47.4 Å². The quantitative estimate of drug-likeness (QED) is 0.573. The zero-order valence-corrected chi connectivity index (χ0v) is 16.8. The van der Waals surface area contributed by atoms with E-state index in [1.165, 1.54) is 19.2 Å². The smallest absolute Gasteiger partial charge is 0.342 e. The minimum absolute atomic E-state index is 0.0994. The van der Waals surface area contributed by atoms with E-state index in [1.54, 1.807) is 7.11 Å². The number of nitrogens with two attached hydrogens (primary N) is 1. The fourth-order valence-electron chi connectivity index (χ4n) is 2.42. The van der Waals surface area contributed by atoms with Crippen molar-refractivity contribution in [3.8, 4) is 11.5 Å². The minimum atomic E-state index is -4.01. The molecule has 2 rings (SSSR count). The summed E-state index contributed by atoms with van der Waals surface area (Å²) >= 11 is 0. The van der Waals surface area contributed by atoms with Crippen LogP contribution in [-0.4, -0.2) is 47.7 Å². The predicted octanol–water partition coefficient (Wildman–Crippen LogP) is 0.867. The van der Waals surface area contributed by atoms with Gasteiger partial charge in [-0.1, -0.05) is 12.1 Å². The molecule has 29 heavy (non-hydrogen) atoms. The molecule has 0 radical (unpaired) electrons. The van der Waals surface area contributed by atoms with Crippen molar-refractivity contribution in [3.63, 3.8) is 0 Å². The maximum Gasteiger partial charge on any atom is 0.342 e. The SMILES string of the molecule is COc1ccc(CCNC(=O)COC(=O)c2cc(S(N)(=O)=O)ccc2OC)cc1. The van der Waals surface area contributed by atoms with Crippen LogP contribution in [0.3, 0.4) is 0 Å². The molecule has 0 aliphatic carbocycles. The molecule has 0 spiro atoms. The maximum absolute atomic E-state index is 12.2. The Balaban J connectivity index is 1.88. The minimum Gasteiger partial charge on any atom is -0.497 e. The van der Waals surface area contributed by atoms with E-state index in [0.717, 1.165) is 17.4 Å². The van der Waals surface area contributed by atoms with Crippen LogP contribution < -0.4 is 19.9 Å². The first-order chi connectivity index (χ1) is 13.7. The summed E-state index contributed by atoms with van der Waals surface area (Å²) in [5, 5.41) is 7.70. The van der Waals surface area contributed by atoms with Gasteiger partial charge >= 0.3 is 5.97 Å². The van der Waals surface area contributed by atoms with Gasteiger partial charge in [0, 0.05) is 6.54 Å². The number of hydrogen-bond donors (Lipinski definition) is 2. The molecule has 3 N–H and O–H groups in total. The van der Waals surface area contributed by atoms with Crippen molar-refractivity contribution >= 4 is 21.9 Å². The monoisotopic (exact) mass is 422 g/mol. The van der Waals surface area contributed by atoms with Gasteiger partial charge in [-0.25, -0.2) is 18.4 Å². The molecule has 2 aromatic carbocycles. The van der Waals surface area contributed by atoms with Gasteiger partial charge in [-0.15, -0.1) is 0 Å². The molecule has 0 heterocycles. The van der Waals surface area contributed by atoms with E-state index in [0.29, 0.717) is 13.0 Å². The van der Waals surface area contributed by atoms with Gasteiger partial charge in [0.15, 0.2) is 6.61 Å². The summed E-state index contributed by atoms with van der Waals surface area (Å²) in [5.74, 6) is -0.556. The topological polar surface area (TPSA) is 134 Å². The molecule has 0 saturated carbocycles. The number of nitrogens with one attached hydrogen (secondary N) is 1. The second-order valence-corrected chi connectivity index (χ2v) is 7.49. The third-order valence-corrected chi connectivity index (χ3v) is 4.86. The molecule has 2 aromatic rings. The number of primary sulfonamides is 1. The number of carbonyl (C=O) groups is 2. The van der Waals surface area contributed by atoms with Gasteiger partial charge in [0.25, 0.3) is 5.91 Å². The van der Waals surface area contributed by atoms with Crippen molar-refractivity contribution in [2.45, 2.75) is 11.3 Å². The number of methoxy groups -OCH3 is 2. The largest absolute Gasteiger partial charge is 0.497 e. The van der Waals surface area contributed by atoms with E-state index in [2.05, 4.69) is 5.32 Å². The maximum atomic E-state index is 12.2. The highest BCUT2D eigenvalue weighted by Crippen LogP contribution is 2.22. The number of hydrogen-bond acceptors (Lipinski definition) is 7.